The van der Waals surface area contributed by atoms with Gasteiger partial charge in [-0.25, -0.2) is 4.98 Å². The predicted octanol–water partition coefficient (Wildman–Crippen LogP) is 0.703. The van der Waals surface area contributed by atoms with E-state index in [1.165, 1.54) is 0 Å². The Bertz CT molecular complexity index is 662. The quantitative estimate of drug-likeness (QED) is 0.850. The Hall–Kier alpha value is -1.93. The SMILES string of the molecule is [3H]C1C(OC)[C@H](n2cnc3c(N)nc(N)nc32)O[C@@H]1CC. The molecule has 1 fully saturated rings. The number of hydrogen-bond donors (Lipinski definition) is 2. The second-order valence-electron chi connectivity index (χ2n) is 4.66. The van der Waals surface area contributed by atoms with E-state index in [9.17, 15) is 0 Å². The molecule has 2 unspecified atom stereocenters. The van der Waals surface area contributed by atoms with E-state index in [0.29, 0.717) is 11.2 Å². The molecule has 0 spiro atoms. The summed E-state index contributed by atoms with van der Waals surface area (Å²) in [7, 11) is 1.57. The highest BCUT2D eigenvalue weighted by Crippen LogP contribution is 2.34. The van der Waals surface area contributed by atoms with Crippen LogP contribution in [-0.2, 0) is 9.47 Å². The van der Waals surface area contributed by atoms with Crippen LogP contribution in [0.5, 0.6) is 0 Å². The first-order chi connectivity index (χ1) is 10.1. The summed E-state index contributed by atoms with van der Waals surface area (Å²) in [6.07, 6.45) is 0.728. The summed E-state index contributed by atoms with van der Waals surface area (Å²) in [6.45, 7) is 1.98. The van der Waals surface area contributed by atoms with Crippen LogP contribution in [0.15, 0.2) is 6.33 Å². The third-order valence-electron chi connectivity index (χ3n) is 3.41. The Morgan fingerprint density at radius 3 is 3.05 bits per heavy atom. The summed E-state index contributed by atoms with van der Waals surface area (Å²) >= 11 is 0. The molecule has 2 aromatic heterocycles. The molecular weight excluding hydrogens is 260 g/mol. The fraction of sp³-hybridized carbons (Fsp3) is 0.583. The van der Waals surface area contributed by atoms with E-state index in [1.807, 2.05) is 6.92 Å². The normalized spacial score (nSPS) is 30.8. The van der Waals surface area contributed by atoms with Crippen molar-refractivity contribution >= 4 is 22.9 Å². The molecule has 3 heterocycles. The number of ether oxygens (including phenoxy) is 2. The van der Waals surface area contributed by atoms with Crippen molar-refractivity contribution in [3.63, 3.8) is 0 Å². The number of imidazole rings is 1. The van der Waals surface area contributed by atoms with Crippen LogP contribution in [0.2, 0.25) is 0 Å². The van der Waals surface area contributed by atoms with Gasteiger partial charge in [0.15, 0.2) is 17.7 Å². The number of nitrogens with two attached hydrogens (primary N) is 2. The Balaban J connectivity index is 2.08. The topological polar surface area (TPSA) is 114 Å². The van der Waals surface area contributed by atoms with Gasteiger partial charge in [-0.05, 0) is 6.42 Å². The zero-order valence-corrected chi connectivity index (χ0v) is 11.4. The van der Waals surface area contributed by atoms with E-state index in [0.717, 1.165) is 6.42 Å². The predicted molar refractivity (Wildman–Crippen MR) is 73.8 cm³/mol. The Morgan fingerprint density at radius 1 is 1.55 bits per heavy atom. The highest BCUT2D eigenvalue weighted by Gasteiger charge is 2.36. The highest BCUT2D eigenvalue weighted by atomic mass is 16.6. The molecule has 2 aromatic rings. The summed E-state index contributed by atoms with van der Waals surface area (Å²) in [5.41, 5.74) is 12.4. The molecule has 0 amide bonds. The molecular formula is C12H18N6O2. The van der Waals surface area contributed by atoms with Crippen molar-refractivity contribution in [2.24, 2.45) is 0 Å². The average molecular weight is 280 g/mol. The second kappa shape index (κ2) is 4.88. The number of aromatic nitrogens is 4. The molecule has 4 atom stereocenters. The monoisotopic (exact) mass is 280 g/mol. The van der Waals surface area contributed by atoms with Crippen LogP contribution in [-0.4, -0.2) is 38.8 Å². The zero-order valence-electron chi connectivity index (χ0n) is 12.4. The zero-order chi connectivity index (χ0) is 15.1. The Morgan fingerprint density at radius 2 is 2.35 bits per heavy atom. The molecule has 108 valence electrons. The molecule has 1 aliphatic heterocycles. The van der Waals surface area contributed by atoms with Gasteiger partial charge in [0.1, 0.15) is 11.6 Å². The maximum atomic E-state index is 8.21. The van der Waals surface area contributed by atoms with Crippen molar-refractivity contribution in [3.8, 4) is 0 Å². The molecule has 1 saturated heterocycles. The van der Waals surface area contributed by atoms with Gasteiger partial charge in [0.05, 0.1) is 12.4 Å². The smallest absolute Gasteiger partial charge is 0.224 e. The fourth-order valence-corrected chi connectivity index (χ4v) is 2.40. The Kier molecular flexibility index (Phi) is 2.89. The minimum atomic E-state index is -0.485. The molecule has 8 heteroatoms. The molecule has 0 aromatic carbocycles. The van der Waals surface area contributed by atoms with Crippen molar-refractivity contribution in [2.45, 2.75) is 38.2 Å². The number of hydrogen-bond acceptors (Lipinski definition) is 7. The molecule has 3 rings (SSSR count). The lowest BCUT2D eigenvalue weighted by molar-refractivity contribution is -0.0480. The highest BCUT2D eigenvalue weighted by molar-refractivity contribution is 5.82. The minimum Gasteiger partial charge on any atom is -0.382 e. The number of fused-ring (bicyclic) bond motifs is 1. The van der Waals surface area contributed by atoms with Crippen molar-refractivity contribution in [3.05, 3.63) is 6.33 Å². The number of rotatable bonds is 3. The van der Waals surface area contributed by atoms with E-state index in [1.54, 1.807) is 18.0 Å². The summed E-state index contributed by atoms with van der Waals surface area (Å²) in [5, 5.41) is 0. The number of nitrogen functional groups attached to an aromatic ring is 2. The maximum Gasteiger partial charge on any atom is 0.224 e. The average Bonchev–Trinajstić information content (AvgIpc) is 2.99. The Labute approximate surface area is 117 Å². The molecule has 0 bridgehead atoms. The molecule has 8 nitrogen and oxygen atoms in total. The van der Waals surface area contributed by atoms with Crippen LogP contribution in [0.4, 0.5) is 11.8 Å². The van der Waals surface area contributed by atoms with E-state index >= 15 is 0 Å². The molecule has 20 heavy (non-hydrogen) atoms. The fourth-order valence-electron chi connectivity index (χ4n) is 2.40. The first-order valence-corrected chi connectivity index (χ1v) is 6.42. The molecule has 0 saturated carbocycles. The first kappa shape index (κ1) is 11.9. The third-order valence-corrected chi connectivity index (χ3v) is 3.41. The van der Waals surface area contributed by atoms with Gasteiger partial charge in [-0.15, -0.1) is 0 Å². The van der Waals surface area contributed by atoms with Crippen LogP contribution in [0.1, 0.15) is 27.3 Å². The number of anilines is 2. The molecule has 0 aliphatic carbocycles. The summed E-state index contributed by atoms with van der Waals surface area (Å²) in [6, 6.07) is 0. The number of nitrogens with zero attached hydrogens (tertiary/aromatic N) is 4. The molecule has 1 aliphatic rings. The summed E-state index contributed by atoms with van der Waals surface area (Å²) < 4.78 is 21.3. The van der Waals surface area contributed by atoms with Crippen LogP contribution in [0.3, 0.4) is 0 Å². The van der Waals surface area contributed by atoms with Gasteiger partial charge >= 0.3 is 0 Å². The minimum absolute atomic E-state index is 0.0724. The van der Waals surface area contributed by atoms with Gasteiger partial charge in [-0.2, -0.15) is 9.97 Å². The third kappa shape index (κ3) is 1.97. The maximum absolute atomic E-state index is 8.21. The second-order valence-corrected chi connectivity index (χ2v) is 4.66. The lowest BCUT2D eigenvalue weighted by atomic mass is 10.1. The molecule has 0 radical (unpaired) electrons. The first-order valence-electron chi connectivity index (χ1n) is 7.00. The van der Waals surface area contributed by atoms with Crippen molar-refractivity contribution in [1.82, 2.24) is 19.5 Å². The van der Waals surface area contributed by atoms with Gasteiger partial charge in [-0.1, -0.05) is 6.92 Å². The standard InChI is InChI=1S/C12H18N6O2/c1-3-6-4-7(19-2)11(20-6)18-5-15-8-9(13)16-12(14)17-10(8)18/h5-7,11H,3-4H2,1-2H3,(H4,13,14,16,17)/t6-,7?,11-/m1/s1/i4T/t4?,6-,7?,11-. The van der Waals surface area contributed by atoms with E-state index in [2.05, 4.69) is 15.0 Å². The molecule has 4 N–H and O–H groups in total. The van der Waals surface area contributed by atoms with Gasteiger partial charge in [-0.3, -0.25) is 4.57 Å². The van der Waals surface area contributed by atoms with Gasteiger partial charge in [0, 0.05) is 14.9 Å². The van der Waals surface area contributed by atoms with Gasteiger partial charge < -0.3 is 20.9 Å². The van der Waals surface area contributed by atoms with Gasteiger partial charge in [0.25, 0.3) is 0 Å². The number of methoxy groups -OCH3 is 1. The van der Waals surface area contributed by atoms with Crippen LogP contribution < -0.4 is 11.5 Å². The van der Waals surface area contributed by atoms with Crippen molar-refractivity contribution < 1.29 is 10.8 Å². The van der Waals surface area contributed by atoms with E-state index in [-0.39, 0.29) is 17.9 Å². The van der Waals surface area contributed by atoms with Crippen LogP contribution in [0.25, 0.3) is 11.2 Å². The van der Waals surface area contributed by atoms with Crippen molar-refractivity contribution in [1.29, 1.82) is 0 Å². The van der Waals surface area contributed by atoms with Crippen LogP contribution in [0, 0.1) is 0 Å². The summed E-state index contributed by atoms with van der Waals surface area (Å²) in [5.74, 6) is 0.292. The van der Waals surface area contributed by atoms with E-state index < -0.39 is 18.7 Å². The van der Waals surface area contributed by atoms with E-state index in [4.69, 9.17) is 22.3 Å². The lowest BCUT2D eigenvalue weighted by Crippen LogP contribution is -2.21. The summed E-state index contributed by atoms with van der Waals surface area (Å²) in [4.78, 5) is 12.3. The van der Waals surface area contributed by atoms with Gasteiger partial charge in [0.2, 0.25) is 5.95 Å². The van der Waals surface area contributed by atoms with Crippen molar-refractivity contribution in [2.75, 3.05) is 18.6 Å². The lowest BCUT2D eigenvalue weighted by Gasteiger charge is -2.19. The van der Waals surface area contributed by atoms with Crippen LogP contribution >= 0.6 is 0 Å². The largest absolute Gasteiger partial charge is 0.382 e.